The Labute approximate surface area is 60.6 Å². The van der Waals surface area contributed by atoms with Crippen molar-refractivity contribution in [3.8, 4) is 0 Å². The van der Waals surface area contributed by atoms with Gasteiger partial charge in [0.25, 0.3) is 0 Å². The fourth-order valence-corrected chi connectivity index (χ4v) is 3.94. The van der Waals surface area contributed by atoms with Gasteiger partial charge >= 0.3 is 0 Å². The summed E-state index contributed by atoms with van der Waals surface area (Å²) in [4.78, 5) is 0. The Kier molecular flexibility index (Phi) is 3.87. The summed E-state index contributed by atoms with van der Waals surface area (Å²) in [7, 11) is -0.596. The topological polar surface area (TPSA) is 0 Å². The minimum atomic E-state index is -0.596. The van der Waals surface area contributed by atoms with E-state index in [-0.39, 0.29) is 0 Å². The van der Waals surface area contributed by atoms with Gasteiger partial charge in [-0.15, -0.1) is 12.3 Å². The Balaban J connectivity index is 3.82. The van der Waals surface area contributed by atoms with Gasteiger partial charge in [-0.05, 0) is 0 Å². The van der Waals surface area contributed by atoms with Gasteiger partial charge in [-0.25, -0.2) is 0 Å². The van der Waals surface area contributed by atoms with Crippen molar-refractivity contribution >= 4 is 8.80 Å². The van der Waals surface area contributed by atoms with Gasteiger partial charge in [-0.1, -0.05) is 38.8 Å². The lowest BCUT2D eigenvalue weighted by Gasteiger charge is -2.18. The van der Waals surface area contributed by atoms with Crippen molar-refractivity contribution in [3.63, 3.8) is 0 Å². The van der Waals surface area contributed by atoms with Crippen molar-refractivity contribution in [2.24, 2.45) is 0 Å². The van der Waals surface area contributed by atoms with Gasteiger partial charge in [-0.2, -0.15) is 0 Å². The van der Waals surface area contributed by atoms with Gasteiger partial charge in [0.15, 0.2) is 0 Å². The molecule has 0 aliphatic rings. The van der Waals surface area contributed by atoms with E-state index in [9.17, 15) is 0 Å². The molecule has 0 aromatic heterocycles. The van der Waals surface area contributed by atoms with Crippen LogP contribution in [0.5, 0.6) is 0 Å². The minimum Gasteiger partial charge on any atom is -0.107 e. The number of hydrogen-bond donors (Lipinski definition) is 0. The van der Waals surface area contributed by atoms with E-state index in [0.717, 1.165) is 11.1 Å². The zero-order valence-corrected chi connectivity index (χ0v) is 8.17. The van der Waals surface area contributed by atoms with Crippen molar-refractivity contribution in [2.75, 3.05) is 0 Å². The average molecular weight is 142 g/mol. The maximum absolute atomic E-state index is 3.87. The maximum Gasteiger partial charge on any atom is 0.0657 e. The van der Waals surface area contributed by atoms with Crippen molar-refractivity contribution in [1.29, 1.82) is 0 Å². The molecule has 0 heterocycles. The highest BCUT2D eigenvalue weighted by atomic mass is 28.3. The fraction of sp³-hybridized carbons (Fsp3) is 0.750. The van der Waals surface area contributed by atoms with Gasteiger partial charge in [0, 0.05) is 0 Å². The Bertz CT molecular complexity index is 76.6. The number of rotatable bonds is 3. The van der Waals surface area contributed by atoms with Gasteiger partial charge in [0.1, 0.15) is 0 Å². The van der Waals surface area contributed by atoms with Crippen LogP contribution in [0.3, 0.4) is 0 Å². The monoisotopic (exact) mass is 142 g/mol. The third-order valence-electron chi connectivity index (χ3n) is 1.81. The lowest BCUT2D eigenvalue weighted by Crippen LogP contribution is -2.17. The first-order valence-electron chi connectivity index (χ1n) is 3.72. The molecule has 54 valence electrons. The van der Waals surface area contributed by atoms with Crippen LogP contribution in [0.25, 0.3) is 0 Å². The molecule has 0 aliphatic carbocycles. The van der Waals surface area contributed by atoms with Crippen molar-refractivity contribution in [2.45, 2.75) is 38.8 Å². The molecule has 0 atom stereocenters. The largest absolute Gasteiger partial charge is 0.107 e. The Morgan fingerprint density at radius 1 is 1.11 bits per heavy atom. The zero-order chi connectivity index (χ0) is 7.44. The molecule has 1 heteroatoms. The summed E-state index contributed by atoms with van der Waals surface area (Å²) in [5.74, 6) is 0. The lowest BCUT2D eigenvalue weighted by molar-refractivity contribution is 0.950. The van der Waals surface area contributed by atoms with Crippen molar-refractivity contribution in [3.05, 3.63) is 12.3 Å². The first-order valence-corrected chi connectivity index (χ1v) is 5.72. The highest BCUT2D eigenvalue weighted by Gasteiger charge is 2.14. The predicted molar refractivity (Wildman–Crippen MR) is 47.5 cm³/mol. The molecule has 0 nitrogen and oxygen atoms in total. The van der Waals surface area contributed by atoms with Gasteiger partial charge < -0.3 is 0 Å². The molecule has 0 aromatic rings. The summed E-state index contributed by atoms with van der Waals surface area (Å²) in [5, 5.41) is 0. The predicted octanol–water partition coefficient (Wildman–Crippen LogP) is 2.76. The highest BCUT2D eigenvalue weighted by Crippen LogP contribution is 2.19. The molecule has 0 aromatic carbocycles. The van der Waals surface area contributed by atoms with Crippen LogP contribution in [0.1, 0.15) is 27.7 Å². The van der Waals surface area contributed by atoms with Crippen LogP contribution in [-0.4, -0.2) is 8.80 Å². The van der Waals surface area contributed by atoms with Gasteiger partial charge in [0.05, 0.1) is 8.80 Å². The molecule has 0 radical (unpaired) electrons. The van der Waals surface area contributed by atoms with Gasteiger partial charge in [0.2, 0.25) is 0 Å². The Morgan fingerprint density at radius 3 is 1.44 bits per heavy atom. The molecule has 0 saturated heterocycles. The molecule has 0 saturated carbocycles. The quantitative estimate of drug-likeness (QED) is 0.532. The molecule has 0 rings (SSSR count). The van der Waals surface area contributed by atoms with Crippen LogP contribution in [0.15, 0.2) is 12.3 Å². The minimum absolute atomic E-state index is 0.596. The SMILES string of the molecule is C=C[SiH](C(C)C)C(C)C. The lowest BCUT2D eigenvalue weighted by atomic mass is 10.5. The van der Waals surface area contributed by atoms with E-state index in [2.05, 4.69) is 40.0 Å². The second-order valence-corrected chi connectivity index (χ2v) is 7.59. The van der Waals surface area contributed by atoms with Crippen LogP contribution < -0.4 is 0 Å². The van der Waals surface area contributed by atoms with E-state index in [1.54, 1.807) is 0 Å². The van der Waals surface area contributed by atoms with Crippen LogP contribution >= 0.6 is 0 Å². The molecular weight excluding hydrogens is 124 g/mol. The molecular formula is C8H18Si. The molecule has 0 fully saturated rings. The smallest absolute Gasteiger partial charge is 0.0657 e. The van der Waals surface area contributed by atoms with E-state index < -0.39 is 8.80 Å². The molecule has 0 unspecified atom stereocenters. The molecule has 0 bridgehead atoms. The molecule has 0 aliphatic heterocycles. The Morgan fingerprint density at radius 2 is 1.44 bits per heavy atom. The fourth-order valence-electron chi connectivity index (χ4n) is 1.31. The summed E-state index contributed by atoms with van der Waals surface area (Å²) in [6.45, 7) is 13.1. The molecule has 9 heavy (non-hydrogen) atoms. The van der Waals surface area contributed by atoms with E-state index in [0.29, 0.717) is 0 Å². The van der Waals surface area contributed by atoms with Crippen LogP contribution in [0, 0.1) is 0 Å². The second-order valence-electron chi connectivity index (χ2n) is 3.30. The van der Waals surface area contributed by atoms with Crippen LogP contribution in [0.2, 0.25) is 11.1 Å². The van der Waals surface area contributed by atoms with Crippen LogP contribution in [-0.2, 0) is 0 Å². The summed E-state index contributed by atoms with van der Waals surface area (Å²) >= 11 is 0. The van der Waals surface area contributed by atoms with Crippen molar-refractivity contribution in [1.82, 2.24) is 0 Å². The van der Waals surface area contributed by atoms with E-state index >= 15 is 0 Å². The van der Waals surface area contributed by atoms with E-state index in [4.69, 9.17) is 0 Å². The molecule has 0 amide bonds. The average Bonchev–Trinajstić information content (AvgIpc) is 1.64. The van der Waals surface area contributed by atoms with E-state index in [1.165, 1.54) is 0 Å². The normalized spacial score (nSPS) is 11.4. The third kappa shape index (κ3) is 2.85. The Hall–Kier alpha value is -0.0431. The summed E-state index contributed by atoms with van der Waals surface area (Å²) < 4.78 is 0. The third-order valence-corrected chi connectivity index (χ3v) is 5.44. The van der Waals surface area contributed by atoms with Crippen molar-refractivity contribution < 1.29 is 0 Å². The second kappa shape index (κ2) is 3.88. The first-order chi connectivity index (χ1) is 4.09. The zero-order valence-electron chi connectivity index (χ0n) is 7.02. The van der Waals surface area contributed by atoms with Gasteiger partial charge in [-0.3, -0.25) is 0 Å². The highest BCUT2D eigenvalue weighted by molar-refractivity contribution is 6.66. The maximum atomic E-state index is 3.87. The van der Waals surface area contributed by atoms with E-state index in [1.807, 2.05) is 0 Å². The molecule has 0 N–H and O–H groups in total. The van der Waals surface area contributed by atoms with Crippen LogP contribution in [0.4, 0.5) is 0 Å². The number of hydrogen-bond acceptors (Lipinski definition) is 0. The summed E-state index contributed by atoms with van der Waals surface area (Å²) in [6.07, 6.45) is 0. The molecule has 0 spiro atoms. The first kappa shape index (κ1) is 8.96. The summed E-state index contributed by atoms with van der Waals surface area (Å²) in [5.41, 5.74) is 3.96. The summed E-state index contributed by atoms with van der Waals surface area (Å²) in [6, 6.07) is 0. The standard InChI is InChI=1S/C8H18Si/c1-6-9(7(2)3)8(4)5/h6-9H,1H2,2-5H3.